The van der Waals surface area contributed by atoms with Gasteiger partial charge in [-0.25, -0.2) is 0 Å². The standard InChI is InChI=1S/C26H29N3O4/c1-17-10-11-21(33-3)24-18(17)8-6-15-27(24)22(30)13-16-28-25(32)19-7-4-5-9-20(19)29-23(31)12-14-26(28,29)2/h4-5,7,9-11H,6,8,12-16H2,1-3H3. The van der Waals surface area contributed by atoms with Crippen LogP contribution in [0.25, 0.3) is 0 Å². The van der Waals surface area contributed by atoms with Crippen molar-refractivity contribution in [1.82, 2.24) is 4.90 Å². The smallest absolute Gasteiger partial charge is 0.257 e. The lowest BCUT2D eigenvalue weighted by Crippen LogP contribution is -2.62. The number of para-hydroxylation sites is 1. The van der Waals surface area contributed by atoms with Gasteiger partial charge >= 0.3 is 0 Å². The maximum absolute atomic E-state index is 13.4. The molecule has 0 bridgehead atoms. The quantitative estimate of drug-likeness (QED) is 0.717. The SMILES string of the molecule is COc1ccc(C)c2c1N(C(=O)CCN1C(=O)c3ccccc3N3C(=O)CCC13C)CCC2. The Kier molecular flexibility index (Phi) is 5.15. The highest BCUT2D eigenvalue weighted by Gasteiger charge is 2.52. The molecule has 2 aromatic carbocycles. The fourth-order valence-corrected chi connectivity index (χ4v) is 5.65. The summed E-state index contributed by atoms with van der Waals surface area (Å²) < 4.78 is 5.58. The summed E-state index contributed by atoms with van der Waals surface area (Å²) in [5, 5.41) is 0. The summed E-state index contributed by atoms with van der Waals surface area (Å²) in [6, 6.07) is 11.2. The largest absolute Gasteiger partial charge is 0.495 e. The predicted molar refractivity (Wildman–Crippen MR) is 126 cm³/mol. The molecule has 1 saturated heterocycles. The van der Waals surface area contributed by atoms with Crippen LogP contribution in [0.2, 0.25) is 0 Å². The van der Waals surface area contributed by atoms with Crippen LogP contribution in [-0.4, -0.2) is 48.5 Å². The van der Waals surface area contributed by atoms with Gasteiger partial charge in [0.2, 0.25) is 11.8 Å². The van der Waals surface area contributed by atoms with Crippen molar-refractivity contribution in [1.29, 1.82) is 0 Å². The van der Waals surface area contributed by atoms with Gasteiger partial charge in [-0.2, -0.15) is 0 Å². The molecule has 7 heteroatoms. The first-order valence-electron chi connectivity index (χ1n) is 11.6. The van der Waals surface area contributed by atoms with E-state index >= 15 is 0 Å². The molecule has 1 fully saturated rings. The van der Waals surface area contributed by atoms with Crippen molar-refractivity contribution >= 4 is 29.1 Å². The van der Waals surface area contributed by atoms with E-state index in [4.69, 9.17) is 4.74 Å². The number of amides is 3. The fourth-order valence-electron chi connectivity index (χ4n) is 5.65. The molecule has 0 spiro atoms. The zero-order valence-corrected chi connectivity index (χ0v) is 19.4. The van der Waals surface area contributed by atoms with Crippen LogP contribution >= 0.6 is 0 Å². The topological polar surface area (TPSA) is 70.2 Å². The van der Waals surface area contributed by atoms with Gasteiger partial charge in [-0.1, -0.05) is 18.2 Å². The van der Waals surface area contributed by atoms with Gasteiger partial charge in [0.15, 0.2) is 0 Å². The zero-order chi connectivity index (χ0) is 23.3. The number of hydrogen-bond acceptors (Lipinski definition) is 4. The van der Waals surface area contributed by atoms with Crippen molar-refractivity contribution in [2.75, 3.05) is 30.0 Å². The van der Waals surface area contributed by atoms with Crippen LogP contribution < -0.4 is 14.5 Å². The average Bonchev–Trinajstić information content (AvgIpc) is 3.14. The van der Waals surface area contributed by atoms with Gasteiger partial charge in [0.1, 0.15) is 11.4 Å². The first-order chi connectivity index (χ1) is 15.9. The monoisotopic (exact) mass is 447 g/mol. The maximum atomic E-state index is 13.4. The van der Waals surface area contributed by atoms with E-state index < -0.39 is 5.66 Å². The Morgan fingerprint density at radius 1 is 1.12 bits per heavy atom. The van der Waals surface area contributed by atoms with E-state index in [-0.39, 0.29) is 30.7 Å². The summed E-state index contributed by atoms with van der Waals surface area (Å²) in [4.78, 5) is 44.9. The van der Waals surface area contributed by atoms with E-state index in [9.17, 15) is 14.4 Å². The third-order valence-electron chi connectivity index (χ3n) is 7.37. The first kappa shape index (κ1) is 21.5. The Balaban J connectivity index is 1.43. The second-order valence-electron chi connectivity index (χ2n) is 9.23. The normalized spacial score (nSPS) is 21.6. The highest BCUT2D eigenvalue weighted by Crippen LogP contribution is 2.44. The van der Waals surface area contributed by atoms with E-state index in [1.807, 2.05) is 42.2 Å². The van der Waals surface area contributed by atoms with Gasteiger partial charge < -0.3 is 14.5 Å². The summed E-state index contributed by atoms with van der Waals surface area (Å²) in [6.45, 7) is 4.87. The Hall–Kier alpha value is -3.35. The van der Waals surface area contributed by atoms with E-state index in [1.54, 1.807) is 23.0 Å². The molecule has 3 amide bonds. The Morgan fingerprint density at radius 3 is 2.70 bits per heavy atom. The van der Waals surface area contributed by atoms with Crippen LogP contribution in [0.5, 0.6) is 5.75 Å². The van der Waals surface area contributed by atoms with Crippen molar-refractivity contribution < 1.29 is 19.1 Å². The first-order valence-corrected chi connectivity index (χ1v) is 11.6. The molecule has 2 aromatic rings. The summed E-state index contributed by atoms with van der Waals surface area (Å²) in [7, 11) is 1.62. The van der Waals surface area contributed by atoms with Crippen molar-refractivity contribution in [3.05, 3.63) is 53.1 Å². The lowest BCUT2D eigenvalue weighted by Gasteiger charge is -2.48. The van der Waals surface area contributed by atoms with E-state index in [1.165, 1.54) is 0 Å². The van der Waals surface area contributed by atoms with Crippen molar-refractivity contribution in [3.63, 3.8) is 0 Å². The number of ether oxygens (including phenoxy) is 1. The minimum absolute atomic E-state index is 0.0129. The number of rotatable bonds is 4. The predicted octanol–water partition coefficient (Wildman–Crippen LogP) is 3.67. The Bertz CT molecular complexity index is 1160. The van der Waals surface area contributed by atoms with Gasteiger partial charge in [-0.15, -0.1) is 0 Å². The summed E-state index contributed by atoms with van der Waals surface area (Å²) in [5.41, 5.74) is 3.58. The number of hydrogen-bond donors (Lipinski definition) is 0. The second kappa shape index (κ2) is 7.90. The minimum atomic E-state index is -0.753. The molecule has 7 nitrogen and oxygen atoms in total. The number of aryl methyl sites for hydroxylation is 1. The lowest BCUT2D eigenvalue weighted by molar-refractivity contribution is -0.119. The van der Waals surface area contributed by atoms with Crippen molar-refractivity contribution in [3.8, 4) is 5.75 Å². The summed E-state index contributed by atoms with van der Waals surface area (Å²) in [5.74, 6) is 0.551. The van der Waals surface area contributed by atoms with Crippen LogP contribution in [0, 0.1) is 6.92 Å². The third kappa shape index (κ3) is 3.21. The molecule has 5 rings (SSSR count). The molecule has 3 aliphatic heterocycles. The van der Waals surface area contributed by atoms with Crippen molar-refractivity contribution in [2.24, 2.45) is 0 Å². The molecule has 0 radical (unpaired) electrons. The fraction of sp³-hybridized carbons (Fsp3) is 0.423. The number of fused-ring (bicyclic) bond motifs is 4. The van der Waals surface area contributed by atoms with E-state index in [2.05, 4.69) is 6.92 Å². The van der Waals surface area contributed by atoms with Crippen LogP contribution in [0.15, 0.2) is 36.4 Å². The molecule has 0 saturated carbocycles. The average molecular weight is 448 g/mol. The molecule has 0 N–H and O–H groups in total. The molecular formula is C26H29N3O4. The van der Waals surface area contributed by atoms with Gasteiger partial charge in [-0.05, 0) is 62.4 Å². The number of benzene rings is 2. The molecule has 1 unspecified atom stereocenters. The second-order valence-corrected chi connectivity index (χ2v) is 9.23. The zero-order valence-electron chi connectivity index (χ0n) is 19.4. The van der Waals surface area contributed by atoms with Gasteiger partial charge in [-0.3, -0.25) is 19.3 Å². The molecular weight excluding hydrogens is 418 g/mol. The van der Waals surface area contributed by atoms with E-state index in [0.717, 1.165) is 29.7 Å². The van der Waals surface area contributed by atoms with Crippen LogP contribution in [-0.2, 0) is 16.0 Å². The number of methoxy groups -OCH3 is 1. The molecule has 172 valence electrons. The highest BCUT2D eigenvalue weighted by atomic mass is 16.5. The Morgan fingerprint density at radius 2 is 1.91 bits per heavy atom. The van der Waals surface area contributed by atoms with Gasteiger partial charge in [0, 0.05) is 25.9 Å². The number of carbonyl (C=O) groups excluding carboxylic acids is 3. The van der Waals surface area contributed by atoms with Crippen LogP contribution in [0.3, 0.4) is 0 Å². The maximum Gasteiger partial charge on any atom is 0.257 e. The highest BCUT2D eigenvalue weighted by molar-refractivity contribution is 6.10. The minimum Gasteiger partial charge on any atom is -0.495 e. The molecule has 3 heterocycles. The number of carbonyl (C=O) groups is 3. The van der Waals surface area contributed by atoms with Crippen molar-refractivity contribution in [2.45, 2.75) is 51.6 Å². The van der Waals surface area contributed by atoms with E-state index in [0.29, 0.717) is 36.4 Å². The molecule has 0 aliphatic carbocycles. The molecule has 1 atom stereocenters. The van der Waals surface area contributed by atoms with Gasteiger partial charge in [0.05, 0.1) is 24.0 Å². The molecule has 0 aromatic heterocycles. The number of anilines is 2. The molecule has 33 heavy (non-hydrogen) atoms. The molecule has 3 aliphatic rings. The van der Waals surface area contributed by atoms with Crippen LogP contribution in [0.1, 0.15) is 54.1 Å². The number of nitrogens with zero attached hydrogens (tertiary/aromatic N) is 3. The summed E-state index contributed by atoms with van der Waals surface area (Å²) >= 11 is 0. The third-order valence-corrected chi connectivity index (χ3v) is 7.37. The van der Waals surface area contributed by atoms with Crippen LogP contribution in [0.4, 0.5) is 11.4 Å². The van der Waals surface area contributed by atoms with Gasteiger partial charge in [0.25, 0.3) is 5.91 Å². The summed E-state index contributed by atoms with van der Waals surface area (Å²) in [6.07, 6.45) is 2.93. The Labute approximate surface area is 193 Å². The lowest BCUT2D eigenvalue weighted by atomic mass is 9.95.